The van der Waals surface area contributed by atoms with Gasteiger partial charge in [-0.15, -0.1) is 0 Å². The van der Waals surface area contributed by atoms with Crippen molar-refractivity contribution < 1.29 is 19.1 Å². The molecule has 2 aromatic carbocycles. The van der Waals surface area contributed by atoms with Crippen LogP contribution in [0.25, 0.3) is 0 Å². The fourth-order valence-electron chi connectivity index (χ4n) is 3.47. The van der Waals surface area contributed by atoms with E-state index in [-0.39, 0.29) is 17.9 Å². The molecule has 0 saturated carbocycles. The highest BCUT2D eigenvalue weighted by atomic mass is 16.5. The fourth-order valence-corrected chi connectivity index (χ4v) is 3.47. The van der Waals surface area contributed by atoms with Crippen molar-refractivity contribution in [3.63, 3.8) is 0 Å². The average molecular weight is 411 g/mol. The van der Waals surface area contributed by atoms with E-state index in [2.05, 4.69) is 5.32 Å². The van der Waals surface area contributed by atoms with Crippen molar-refractivity contribution in [2.75, 3.05) is 36.6 Å². The van der Waals surface area contributed by atoms with E-state index in [1.165, 1.54) is 0 Å². The maximum atomic E-state index is 12.7. The molecule has 160 valence electrons. The number of carbonyl (C=O) groups excluding carboxylic acids is 2. The molecule has 1 N–H and O–H groups in total. The van der Waals surface area contributed by atoms with Crippen molar-refractivity contribution in [1.82, 2.24) is 0 Å². The predicted octanol–water partition coefficient (Wildman–Crippen LogP) is 3.81. The molecule has 1 unspecified atom stereocenters. The first-order valence-electron chi connectivity index (χ1n) is 10.6. The van der Waals surface area contributed by atoms with Gasteiger partial charge in [-0.2, -0.15) is 0 Å². The minimum absolute atomic E-state index is 0.0453. The Morgan fingerprint density at radius 1 is 1.13 bits per heavy atom. The summed E-state index contributed by atoms with van der Waals surface area (Å²) >= 11 is 0. The van der Waals surface area contributed by atoms with E-state index < -0.39 is 0 Å². The number of nitrogens with zero attached hydrogens (tertiary/aromatic N) is 1. The Morgan fingerprint density at radius 2 is 1.90 bits per heavy atom. The third kappa shape index (κ3) is 6.68. The summed E-state index contributed by atoms with van der Waals surface area (Å²) in [4.78, 5) is 26.5. The molecule has 1 aliphatic rings. The summed E-state index contributed by atoms with van der Waals surface area (Å²) in [6.45, 7) is 4.32. The van der Waals surface area contributed by atoms with Crippen molar-refractivity contribution in [3.8, 4) is 0 Å². The quantitative estimate of drug-likeness (QED) is 0.605. The van der Waals surface area contributed by atoms with Crippen LogP contribution in [0.3, 0.4) is 0 Å². The van der Waals surface area contributed by atoms with Gasteiger partial charge in [0.15, 0.2) is 0 Å². The number of likely N-dealkylation sites (N-methyl/N-ethyl adjacent to an activating group) is 1. The molecule has 6 heteroatoms. The number of hydrogen-bond acceptors (Lipinski definition) is 4. The third-order valence-corrected chi connectivity index (χ3v) is 5.08. The van der Waals surface area contributed by atoms with E-state index in [1.807, 2.05) is 61.5 Å². The molecule has 1 heterocycles. The van der Waals surface area contributed by atoms with E-state index in [0.29, 0.717) is 38.3 Å². The van der Waals surface area contributed by atoms with Crippen molar-refractivity contribution in [1.29, 1.82) is 0 Å². The van der Waals surface area contributed by atoms with Crippen molar-refractivity contribution in [2.45, 2.75) is 38.7 Å². The second-order valence-electron chi connectivity index (χ2n) is 7.36. The van der Waals surface area contributed by atoms with Gasteiger partial charge in [-0.25, -0.2) is 0 Å². The Bertz CT molecular complexity index is 802. The summed E-state index contributed by atoms with van der Waals surface area (Å²) in [7, 11) is 0. The van der Waals surface area contributed by atoms with Crippen LogP contribution in [-0.4, -0.2) is 44.3 Å². The lowest BCUT2D eigenvalue weighted by molar-refractivity contribution is -0.118. The Balaban J connectivity index is 1.42. The number of nitrogens with one attached hydrogen (secondary N) is 1. The maximum absolute atomic E-state index is 12.7. The molecule has 2 aromatic rings. The molecule has 0 radical (unpaired) electrons. The lowest BCUT2D eigenvalue weighted by Crippen LogP contribution is -2.31. The number of amides is 2. The molecule has 0 bridgehead atoms. The second kappa shape index (κ2) is 11.5. The molecule has 0 aliphatic carbocycles. The van der Waals surface area contributed by atoms with Gasteiger partial charge >= 0.3 is 0 Å². The monoisotopic (exact) mass is 410 g/mol. The van der Waals surface area contributed by atoms with Crippen LogP contribution in [0, 0.1) is 0 Å². The first kappa shape index (κ1) is 22.0. The topological polar surface area (TPSA) is 67.9 Å². The molecular weight excluding hydrogens is 380 g/mol. The molecule has 1 atom stereocenters. The minimum Gasteiger partial charge on any atom is -0.378 e. The van der Waals surface area contributed by atoms with Crippen molar-refractivity contribution in [2.24, 2.45) is 0 Å². The first-order valence-corrected chi connectivity index (χ1v) is 10.6. The van der Waals surface area contributed by atoms with Gasteiger partial charge in [-0.3, -0.25) is 9.59 Å². The van der Waals surface area contributed by atoms with Gasteiger partial charge in [0.05, 0.1) is 32.2 Å². The average Bonchev–Trinajstić information content (AvgIpc) is 3.28. The van der Waals surface area contributed by atoms with E-state index in [0.717, 1.165) is 30.7 Å². The van der Waals surface area contributed by atoms with Gasteiger partial charge < -0.3 is 19.7 Å². The summed E-state index contributed by atoms with van der Waals surface area (Å²) in [6, 6.07) is 17.1. The number of benzene rings is 2. The summed E-state index contributed by atoms with van der Waals surface area (Å²) in [5.41, 5.74) is 2.52. The Hall–Kier alpha value is -2.70. The van der Waals surface area contributed by atoms with Crippen LogP contribution in [0.1, 0.15) is 31.7 Å². The van der Waals surface area contributed by atoms with Crippen LogP contribution in [0.4, 0.5) is 11.4 Å². The Kier molecular flexibility index (Phi) is 8.41. The highest BCUT2D eigenvalue weighted by Gasteiger charge is 2.16. The molecule has 2 amide bonds. The van der Waals surface area contributed by atoms with Gasteiger partial charge in [0.1, 0.15) is 0 Å². The maximum Gasteiger partial charge on any atom is 0.231 e. The van der Waals surface area contributed by atoms with Crippen molar-refractivity contribution in [3.05, 3.63) is 60.2 Å². The van der Waals surface area contributed by atoms with Crippen LogP contribution >= 0.6 is 0 Å². The van der Waals surface area contributed by atoms with Gasteiger partial charge in [0.2, 0.25) is 11.8 Å². The van der Waals surface area contributed by atoms with Gasteiger partial charge in [0, 0.05) is 24.5 Å². The van der Waals surface area contributed by atoms with Crippen LogP contribution in [-0.2, 0) is 25.5 Å². The number of carbonyl (C=O) groups is 2. The molecule has 6 nitrogen and oxygen atoms in total. The largest absolute Gasteiger partial charge is 0.378 e. The Labute approximate surface area is 178 Å². The zero-order valence-electron chi connectivity index (χ0n) is 17.5. The van der Waals surface area contributed by atoms with Crippen LogP contribution in [0.2, 0.25) is 0 Å². The lowest BCUT2D eigenvalue weighted by atomic mass is 10.1. The van der Waals surface area contributed by atoms with E-state index >= 15 is 0 Å². The summed E-state index contributed by atoms with van der Waals surface area (Å²) in [5, 5.41) is 2.87. The highest BCUT2D eigenvalue weighted by molar-refractivity contribution is 5.95. The summed E-state index contributed by atoms with van der Waals surface area (Å²) in [6.07, 6.45) is 2.90. The van der Waals surface area contributed by atoms with Gasteiger partial charge in [-0.1, -0.05) is 30.3 Å². The zero-order valence-corrected chi connectivity index (χ0v) is 17.5. The molecule has 1 saturated heterocycles. The molecule has 30 heavy (non-hydrogen) atoms. The molecule has 3 rings (SSSR count). The van der Waals surface area contributed by atoms with E-state index in [4.69, 9.17) is 9.47 Å². The molecule has 0 spiro atoms. The fraction of sp³-hybridized carbons (Fsp3) is 0.417. The van der Waals surface area contributed by atoms with Crippen LogP contribution in [0.15, 0.2) is 54.6 Å². The predicted molar refractivity (Wildman–Crippen MR) is 118 cm³/mol. The number of para-hydroxylation sites is 1. The van der Waals surface area contributed by atoms with Crippen LogP contribution < -0.4 is 10.2 Å². The normalized spacial score (nSPS) is 15.7. The SMILES string of the molecule is CCN(C(=O)Cc1ccc(NC(=O)CCOCC2CCCO2)cc1)c1ccccc1. The lowest BCUT2D eigenvalue weighted by Gasteiger charge is -2.21. The summed E-state index contributed by atoms with van der Waals surface area (Å²) in [5.74, 6) is -0.0451. The van der Waals surface area contributed by atoms with Gasteiger partial charge in [0.25, 0.3) is 0 Å². The first-order chi connectivity index (χ1) is 14.7. The molecule has 1 aliphatic heterocycles. The second-order valence-corrected chi connectivity index (χ2v) is 7.36. The standard InChI is InChI=1S/C24H30N2O4/c1-2-26(21-7-4-3-5-8-21)24(28)17-19-10-12-20(13-11-19)25-23(27)14-16-29-18-22-9-6-15-30-22/h3-5,7-8,10-13,22H,2,6,9,14-18H2,1H3,(H,25,27). The molecule has 1 fully saturated rings. The Morgan fingerprint density at radius 3 is 2.57 bits per heavy atom. The molecular formula is C24H30N2O4. The number of rotatable bonds is 10. The minimum atomic E-state index is -0.0904. The number of anilines is 2. The number of ether oxygens (including phenoxy) is 2. The van der Waals surface area contributed by atoms with Gasteiger partial charge in [-0.05, 0) is 49.6 Å². The smallest absolute Gasteiger partial charge is 0.231 e. The summed E-state index contributed by atoms with van der Waals surface area (Å²) < 4.78 is 11.0. The third-order valence-electron chi connectivity index (χ3n) is 5.08. The van der Waals surface area contributed by atoms with Crippen LogP contribution in [0.5, 0.6) is 0 Å². The molecule has 0 aromatic heterocycles. The van der Waals surface area contributed by atoms with E-state index in [1.54, 1.807) is 4.90 Å². The highest BCUT2D eigenvalue weighted by Crippen LogP contribution is 2.16. The zero-order chi connectivity index (χ0) is 21.2. The van der Waals surface area contributed by atoms with E-state index in [9.17, 15) is 9.59 Å². The number of hydrogen-bond donors (Lipinski definition) is 1. The van der Waals surface area contributed by atoms with Crippen molar-refractivity contribution >= 4 is 23.2 Å².